The lowest BCUT2D eigenvalue weighted by Gasteiger charge is -2.08. The quantitative estimate of drug-likeness (QED) is 0.604. The largest absolute Gasteiger partial charge is 0.265 e. The maximum absolute atomic E-state index is 11.4. The van der Waals surface area contributed by atoms with E-state index in [0.29, 0.717) is 0 Å². The number of sulfonamides is 1. The monoisotopic (exact) mass is 362 g/mol. The van der Waals surface area contributed by atoms with E-state index in [0.717, 1.165) is 33.4 Å². The van der Waals surface area contributed by atoms with Gasteiger partial charge < -0.3 is 0 Å². The second-order valence-corrected chi connectivity index (χ2v) is 7.29. The summed E-state index contributed by atoms with van der Waals surface area (Å²) in [7, 11) is -3.72. The van der Waals surface area contributed by atoms with Crippen molar-refractivity contribution in [2.45, 2.75) is 4.90 Å². The van der Waals surface area contributed by atoms with Gasteiger partial charge in [-0.25, -0.2) is 18.5 Å². The molecular formula is C19H14N4O2S. The summed E-state index contributed by atoms with van der Waals surface area (Å²) in [6.07, 6.45) is 5.22. The predicted octanol–water partition coefficient (Wildman–Crippen LogP) is 3.01. The van der Waals surface area contributed by atoms with Crippen molar-refractivity contribution in [2.24, 2.45) is 5.14 Å². The maximum Gasteiger partial charge on any atom is 0.238 e. The molecule has 4 rings (SSSR count). The van der Waals surface area contributed by atoms with Crippen LogP contribution in [0.5, 0.6) is 0 Å². The predicted molar refractivity (Wildman–Crippen MR) is 99.6 cm³/mol. The lowest BCUT2D eigenvalue weighted by atomic mass is 10.1. The smallest absolute Gasteiger partial charge is 0.238 e. The molecular weight excluding hydrogens is 348 g/mol. The topological polar surface area (TPSA) is 98.8 Å². The number of nitrogens with zero attached hydrogens (tertiary/aromatic N) is 3. The van der Waals surface area contributed by atoms with E-state index < -0.39 is 10.0 Å². The number of hydrogen-bond acceptors (Lipinski definition) is 5. The molecule has 2 N–H and O–H groups in total. The van der Waals surface area contributed by atoms with E-state index in [9.17, 15) is 8.42 Å². The average Bonchev–Trinajstić information content (AvgIpc) is 2.67. The molecule has 0 unspecified atom stereocenters. The Morgan fingerprint density at radius 1 is 0.769 bits per heavy atom. The minimum atomic E-state index is -3.72. The Morgan fingerprint density at radius 2 is 1.50 bits per heavy atom. The average molecular weight is 362 g/mol. The van der Waals surface area contributed by atoms with Crippen LogP contribution >= 0.6 is 0 Å². The standard InChI is InChI=1S/C19H14N4O2S/c20-26(24,25)15-3-1-14(2-4-15)17-5-6-18-19(23-17)16(9-12-22-18)13-7-10-21-11-8-13/h1-12H,(H2,20,24,25). The van der Waals surface area contributed by atoms with Crippen LogP contribution in [0.2, 0.25) is 0 Å². The van der Waals surface area contributed by atoms with Crippen molar-refractivity contribution in [3.05, 3.63) is 73.2 Å². The number of rotatable bonds is 3. The molecule has 0 bridgehead atoms. The number of pyridine rings is 3. The Balaban J connectivity index is 1.85. The van der Waals surface area contributed by atoms with Crippen molar-refractivity contribution in [1.29, 1.82) is 0 Å². The zero-order chi connectivity index (χ0) is 18.1. The Morgan fingerprint density at radius 3 is 2.19 bits per heavy atom. The summed E-state index contributed by atoms with van der Waals surface area (Å²) in [5.74, 6) is 0. The summed E-state index contributed by atoms with van der Waals surface area (Å²) in [5.41, 5.74) is 5.03. The Hall–Kier alpha value is -3.16. The van der Waals surface area contributed by atoms with Gasteiger partial charge in [0.1, 0.15) is 0 Å². The van der Waals surface area contributed by atoms with E-state index in [4.69, 9.17) is 10.1 Å². The molecule has 0 aliphatic heterocycles. The first-order valence-electron chi connectivity index (χ1n) is 7.82. The molecule has 0 amide bonds. The number of hydrogen-bond donors (Lipinski definition) is 1. The number of nitrogens with two attached hydrogens (primary N) is 1. The molecule has 0 aliphatic carbocycles. The highest BCUT2D eigenvalue weighted by Gasteiger charge is 2.10. The SMILES string of the molecule is NS(=O)(=O)c1ccc(-c2ccc3nccc(-c4ccncc4)c3n2)cc1. The molecule has 7 heteroatoms. The van der Waals surface area contributed by atoms with Gasteiger partial charge in [0, 0.05) is 29.7 Å². The van der Waals surface area contributed by atoms with Crippen molar-refractivity contribution in [3.63, 3.8) is 0 Å². The van der Waals surface area contributed by atoms with E-state index in [1.54, 1.807) is 30.7 Å². The van der Waals surface area contributed by atoms with Gasteiger partial charge >= 0.3 is 0 Å². The van der Waals surface area contributed by atoms with E-state index in [1.165, 1.54) is 12.1 Å². The van der Waals surface area contributed by atoms with Gasteiger partial charge in [0.05, 0.1) is 21.6 Å². The summed E-state index contributed by atoms with van der Waals surface area (Å²) in [5, 5.41) is 5.15. The van der Waals surface area contributed by atoms with Crippen LogP contribution < -0.4 is 5.14 Å². The van der Waals surface area contributed by atoms with E-state index >= 15 is 0 Å². The molecule has 0 aliphatic rings. The van der Waals surface area contributed by atoms with Crippen molar-refractivity contribution < 1.29 is 8.42 Å². The van der Waals surface area contributed by atoms with Crippen LogP contribution in [0, 0.1) is 0 Å². The first-order chi connectivity index (χ1) is 12.5. The molecule has 0 spiro atoms. The van der Waals surface area contributed by atoms with Crippen molar-refractivity contribution in [2.75, 3.05) is 0 Å². The fourth-order valence-electron chi connectivity index (χ4n) is 2.77. The maximum atomic E-state index is 11.4. The van der Waals surface area contributed by atoms with Crippen LogP contribution in [0.25, 0.3) is 33.4 Å². The van der Waals surface area contributed by atoms with Crippen LogP contribution in [0.4, 0.5) is 0 Å². The molecule has 4 aromatic rings. The normalized spacial score (nSPS) is 11.6. The van der Waals surface area contributed by atoms with Crippen LogP contribution in [-0.4, -0.2) is 23.4 Å². The van der Waals surface area contributed by atoms with Crippen molar-refractivity contribution in [3.8, 4) is 22.4 Å². The van der Waals surface area contributed by atoms with E-state index in [-0.39, 0.29) is 4.90 Å². The lowest BCUT2D eigenvalue weighted by Crippen LogP contribution is -2.11. The zero-order valence-corrected chi connectivity index (χ0v) is 14.4. The van der Waals surface area contributed by atoms with Gasteiger partial charge in [0.25, 0.3) is 0 Å². The fourth-order valence-corrected chi connectivity index (χ4v) is 3.28. The first-order valence-corrected chi connectivity index (χ1v) is 9.36. The molecule has 0 saturated carbocycles. The molecule has 128 valence electrons. The highest BCUT2D eigenvalue weighted by atomic mass is 32.2. The molecule has 3 aromatic heterocycles. The number of primary sulfonamides is 1. The van der Waals surface area contributed by atoms with Gasteiger partial charge in [0.2, 0.25) is 10.0 Å². The van der Waals surface area contributed by atoms with Gasteiger partial charge in [-0.2, -0.15) is 0 Å². The summed E-state index contributed by atoms with van der Waals surface area (Å²) in [4.78, 5) is 13.2. The Kier molecular flexibility index (Phi) is 3.95. The van der Waals surface area contributed by atoms with Crippen molar-refractivity contribution in [1.82, 2.24) is 15.0 Å². The molecule has 0 fully saturated rings. The molecule has 26 heavy (non-hydrogen) atoms. The zero-order valence-electron chi connectivity index (χ0n) is 13.6. The van der Waals surface area contributed by atoms with Gasteiger partial charge in [0.15, 0.2) is 0 Å². The number of fused-ring (bicyclic) bond motifs is 1. The summed E-state index contributed by atoms with van der Waals surface area (Å²) in [6, 6.07) is 15.8. The van der Waals surface area contributed by atoms with Crippen LogP contribution in [0.15, 0.2) is 78.1 Å². The van der Waals surface area contributed by atoms with Crippen LogP contribution in [0.3, 0.4) is 0 Å². The van der Waals surface area contributed by atoms with Gasteiger partial charge in [-0.1, -0.05) is 12.1 Å². The van der Waals surface area contributed by atoms with Gasteiger partial charge in [-0.05, 0) is 48.0 Å². The summed E-state index contributed by atoms with van der Waals surface area (Å²) >= 11 is 0. The highest BCUT2D eigenvalue weighted by Crippen LogP contribution is 2.28. The van der Waals surface area contributed by atoms with Crippen LogP contribution in [0.1, 0.15) is 0 Å². The summed E-state index contributed by atoms with van der Waals surface area (Å²) < 4.78 is 22.8. The van der Waals surface area contributed by atoms with Gasteiger partial charge in [-0.15, -0.1) is 0 Å². The minimum Gasteiger partial charge on any atom is -0.265 e. The van der Waals surface area contributed by atoms with Crippen LogP contribution in [-0.2, 0) is 10.0 Å². The lowest BCUT2D eigenvalue weighted by molar-refractivity contribution is 0.598. The number of benzene rings is 1. The van der Waals surface area contributed by atoms with E-state index in [1.807, 2.05) is 30.3 Å². The third-order valence-electron chi connectivity index (χ3n) is 4.05. The molecule has 6 nitrogen and oxygen atoms in total. The highest BCUT2D eigenvalue weighted by molar-refractivity contribution is 7.89. The molecule has 0 saturated heterocycles. The molecule has 0 radical (unpaired) electrons. The molecule has 3 heterocycles. The molecule has 1 aromatic carbocycles. The van der Waals surface area contributed by atoms with Crippen molar-refractivity contribution >= 4 is 21.1 Å². The second kappa shape index (κ2) is 6.29. The number of aromatic nitrogens is 3. The summed E-state index contributed by atoms with van der Waals surface area (Å²) in [6.45, 7) is 0. The molecule has 0 atom stereocenters. The van der Waals surface area contributed by atoms with E-state index in [2.05, 4.69) is 9.97 Å². The van der Waals surface area contributed by atoms with Gasteiger partial charge in [-0.3, -0.25) is 9.97 Å². The second-order valence-electron chi connectivity index (χ2n) is 5.73. The minimum absolute atomic E-state index is 0.0705. The first kappa shape index (κ1) is 16.3. The Labute approximate surface area is 150 Å². The third kappa shape index (κ3) is 3.05. The Bertz CT molecular complexity index is 1190. The fraction of sp³-hybridized carbons (Fsp3) is 0. The third-order valence-corrected chi connectivity index (χ3v) is 4.98.